The van der Waals surface area contributed by atoms with Gasteiger partial charge >= 0.3 is 5.97 Å². The normalized spacial score (nSPS) is 12.6. The van der Waals surface area contributed by atoms with Crippen LogP contribution in [0.1, 0.15) is 42.1 Å². The van der Waals surface area contributed by atoms with Crippen LogP contribution in [-0.4, -0.2) is 19.5 Å². The van der Waals surface area contributed by atoms with Crippen LogP contribution in [0, 0.1) is 0 Å². The van der Waals surface area contributed by atoms with E-state index in [2.05, 4.69) is 18.6 Å². The fraction of sp³-hybridized carbons (Fsp3) is 0.235. The summed E-state index contributed by atoms with van der Waals surface area (Å²) in [6.45, 7) is 4.14. The molecule has 0 saturated carbocycles. The summed E-state index contributed by atoms with van der Waals surface area (Å²) >= 11 is 5.78. The Hall–Kier alpha value is -2.05. The molecule has 0 aliphatic heterocycles. The number of carbonyl (C=O) groups is 1. The second-order valence-corrected chi connectivity index (χ2v) is 7.57. The van der Waals surface area contributed by atoms with E-state index in [9.17, 15) is 13.2 Å². The van der Waals surface area contributed by atoms with E-state index in [-0.39, 0.29) is 21.2 Å². The average molecular weight is 368 g/mol. The molecule has 2 rings (SSSR count). The lowest BCUT2D eigenvalue weighted by Crippen LogP contribution is -2.13. The zero-order valence-electron chi connectivity index (χ0n) is 13.3. The van der Waals surface area contributed by atoms with Gasteiger partial charge in [0, 0.05) is 5.69 Å². The van der Waals surface area contributed by atoms with Gasteiger partial charge in [-0.1, -0.05) is 37.6 Å². The Kier molecular flexibility index (Phi) is 5.51. The Bertz CT molecular complexity index is 847. The van der Waals surface area contributed by atoms with E-state index in [1.54, 1.807) is 12.1 Å². The van der Waals surface area contributed by atoms with Crippen LogP contribution in [0.3, 0.4) is 0 Å². The molecule has 1 unspecified atom stereocenters. The minimum Gasteiger partial charge on any atom is -0.478 e. The number of halogens is 1. The Labute approximate surface area is 146 Å². The molecule has 5 nitrogen and oxygen atoms in total. The van der Waals surface area contributed by atoms with Crippen molar-refractivity contribution in [1.29, 1.82) is 0 Å². The van der Waals surface area contributed by atoms with Gasteiger partial charge < -0.3 is 5.11 Å². The van der Waals surface area contributed by atoms with Crippen molar-refractivity contribution in [2.75, 3.05) is 4.72 Å². The second-order valence-electron chi connectivity index (χ2n) is 5.48. The van der Waals surface area contributed by atoms with Gasteiger partial charge in [0.1, 0.15) is 0 Å². The third-order valence-corrected chi connectivity index (χ3v) is 5.55. The Morgan fingerprint density at radius 2 is 1.83 bits per heavy atom. The number of carboxylic acid groups (broad SMARTS) is 1. The van der Waals surface area contributed by atoms with Crippen LogP contribution in [-0.2, 0) is 10.0 Å². The minimum atomic E-state index is -3.80. The molecule has 0 aliphatic rings. The monoisotopic (exact) mass is 367 g/mol. The van der Waals surface area contributed by atoms with Crippen LogP contribution in [0.2, 0.25) is 5.02 Å². The molecule has 0 saturated heterocycles. The molecule has 2 aromatic carbocycles. The number of benzene rings is 2. The van der Waals surface area contributed by atoms with Gasteiger partial charge in [-0.15, -0.1) is 0 Å². The van der Waals surface area contributed by atoms with Crippen molar-refractivity contribution in [3.8, 4) is 0 Å². The highest BCUT2D eigenvalue weighted by molar-refractivity contribution is 7.92. The van der Waals surface area contributed by atoms with Gasteiger partial charge in [0.05, 0.1) is 15.5 Å². The van der Waals surface area contributed by atoms with E-state index in [0.29, 0.717) is 5.92 Å². The van der Waals surface area contributed by atoms with E-state index < -0.39 is 16.0 Å². The summed E-state index contributed by atoms with van der Waals surface area (Å²) in [6, 6.07) is 10.6. The third-order valence-electron chi connectivity index (χ3n) is 3.82. The molecule has 0 heterocycles. The Morgan fingerprint density at radius 1 is 1.21 bits per heavy atom. The van der Waals surface area contributed by atoms with Crippen LogP contribution in [0.25, 0.3) is 0 Å². The topological polar surface area (TPSA) is 83.5 Å². The van der Waals surface area contributed by atoms with Crippen molar-refractivity contribution >= 4 is 33.3 Å². The highest BCUT2D eigenvalue weighted by Gasteiger charge is 2.17. The van der Waals surface area contributed by atoms with Crippen molar-refractivity contribution < 1.29 is 18.3 Å². The number of sulfonamides is 1. The molecule has 0 radical (unpaired) electrons. The first kappa shape index (κ1) is 18.3. The summed E-state index contributed by atoms with van der Waals surface area (Å²) in [5.74, 6) is -0.872. The van der Waals surface area contributed by atoms with Crippen LogP contribution >= 0.6 is 11.6 Å². The average Bonchev–Trinajstić information content (AvgIpc) is 2.55. The first-order valence-electron chi connectivity index (χ1n) is 7.40. The van der Waals surface area contributed by atoms with Crippen molar-refractivity contribution in [1.82, 2.24) is 0 Å². The molecule has 0 amide bonds. The molecule has 0 aliphatic carbocycles. The van der Waals surface area contributed by atoms with Gasteiger partial charge in [-0.05, 0) is 48.2 Å². The lowest BCUT2D eigenvalue weighted by atomic mass is 9.99. The molecule has 0 bridgehead atoms. The quantitative estimate of drug-likeness (QED) is 0.794. The number of nitrogens with one attached hydrogen (secondary N) is 1. The van der Waals surface area contributed by atoms with Crippen LogP contribution in [0.15, 0.2) is 47.4 Å². The molecular formula is C17H18ClNO4S. The molecule has 0 spiro atoms. The van der Waals surface area contributed by atoms with Gasteiger partial charge in [-0.3, -0.25) is 4.72 Å². The van der Waals surface area contributed by atoms with Crippen molar-refractivity contribution in [3.05, 3.63) is 58.6 Å². The van der Waals surface area contributed by atoms with Crippen LogP contribution in [0.4, 0.5) is 5.69 Å². The molecule has 1 atom stereocenters. The van der Waals surface area contributed by atoms with Gasteiger partial charge in [0.25, 0.3) is 10.0 Å². The predicted molar refractivity (Wildman–Crippen MR) is 94.4 cm³/mol. The maximum absolute atomic E-state index is 12.4. The smallest absolute Gasteiger partial charge is 0.337 e. The van der Waals surface area contributed by atoms with E-state index in [0.717, 1.165) is 12.0 Å². The molecule has 2 N–H and O–H groups in total. The molecule has 128 valence electrons. The van der Waals surface area contributed by atoms with Gasteiger partial charge in [0.2, 0.25) is 0 Å². The zero-order chi connectivity index (χ0) is 17.9. The van der Waals surface area contributed by atoms with Crippen LogP contribution < -0.4 is 4.72 Å². The number of anilines is 1. The zero-order valence-corrected chi connectivity index (χ0v) is 14.9. The summed E-state index contributed by atoms with van der Waals surface area (Å²) in [4.78, 5) is 11.2. The van der Waals surface area contributed by atoms with Crippen LogP contribution in [0.5, 0.6) is 0 Å². The number of carboxylic acids is 1. The maximum Gasteiger partial charge on any atom is 0.337 e. The van der Waals surface area contributed by atoms with Gasteiger partial charge in [0.15, 0.2) is 0 Å². The first-order valence-corrected chi connectivity index (χ1v) is 9.26. The lowest BCUT2D eigenvalue weighted by Gasteiger charge is -2.12. The highest BCUT2D eigenvalue weighted by atomic mass is 35.5. The summed E-state index contributed by atoms with van der Waals surface area (Å²) in [6.07, 6.45) is 0.965. The number of hydrogen-bond acceptors (Lipinski definition) is 3. The van der Waals surface area contributed by atoms with Gasteiger partial charge in [-0.2, -0.15) is 0 Å². The standard InChI is InChI=1S/C17H18ClNO4S/c1-3-11(2)12-4-7-14(8-5-12)24(22,23)19-13-6-9-16(18)15(10-13)17(20)21/h4-11,19H,3H2,1-2H3,(H,20,21). The molecule has 24 heavy (non-hydrogen) atoms. The SMILES string of the molecule is CCC(C)c1ccc(S(=O)(=O)Nc2ccc(Cl)c(C(=O)O)c2)cc1. The fourth-order valence-electron chi connectivity index (χ4n) is 2.18. The fourth-order valence-corrected chi connectivity index (χ4v) is 3.43. The molecule has 0 fully saturated rings. The minimum absolute atomic E-state index is 0.0448. The summed E-state index contributed by atoms with van der Waals surface area (Å²) < 4.78 is 27.2. The van der Waals surface area contributed by atoms with E-state index in [4.69, 9.17) is 16.7 Å². The molecule has 7 heteroatoms. The molecule has 2 aromatic rings. The summed E-state index contributed by atoms with van der Waals surface area (Å²) in [7, 11) is -3.80. The van der Waals surface area contributed by atoms with E-state index in [1.807, 2.05) is 0 Å². The Balaban J connectivity index is 2.28. The maximum atomic E-state index is 12.4. The lowest BCUT2D eigenvalue weighted by molar-refractivity contribution is 0.0697. The van der Waals surface area contributed by atoms with Gasteiger partial charge in [-0.25, -0.2) is 13.2 Å². The van der Waals surface area contributed by atoms with E-state index in [1.165, 1.54) is 30.3 Å². The molecule has 0 aromatic heterocycles. The highest BCUT2D eigenvalue weighted by Crippen LogP contribution is 2.24. The number of hydrogen-bond donors (Lipinski definition) is 2. The summed E-state index contributed by atoms with van der Waals surface area (Å²) in [5, 5.41) is 9.09. The number of rotatable bonds is 6. The Morgan fingerprint density at radius 3 is 2.38 bits per heavy atom. The second kappa shape index (κ2) is 7.23. The predicted octanol–water partition coefficient (Wildman–Crippen LogP) is 4.35. The van der Waals surface area contributed by atoms with Crippen molar-refractivity contribution in [2.45, 2.75) is 31.1 Å². The van der Waals surface area contributed by atoms with Crippen molar-refractivity contribution in [2.24, 2.45) is 0 Å². The molecular weight excluding hydrogens is 350 g/mol. The summed E-state index contributed by atoms with van der Waals surface area (Å²) in [5.41, 5.74) is 1.04. The first-order chi connectivity index (χ1) is 11.2. The number of aromatic carboxylic acids is 1. The van der Waals surface area contributed by atoms with Crippen molar-refractivity contribution in [3.63, 3.8) is 0 Å². The van der Waals surface area contributed by atoms with E-state index >= 15 is 0 Å². The third kappa shape index (κ3) is 4.07. The largest absolute Gasteiger partial charge is 0.478 e.